The zero-order chi connectivity index (χ0) is 23.2. The number of carbonyl (C=O) groups excluding carboxylic acids is 1. The molecule has 0 saturated heterocycles. The fourth-order valence-corrected chi connectivity index (χ4v) is 3.35. The second kappa shape index (κ2) is 14.1. The fraction of sp³-hybridized carbons (Fsp3) is 0.440. The SMILES string of the molecule is CCN(CC)CCOc1ccccc1CNC(=NC)NCCc1cccc(C(=O)NC)c1. The van der Waals surface area contributed by atoms with Crippen LogP contribution in [0.5, 0.6) is 5.75 Å². The summed E-state index contributed by atoms with van der Waals surface area (Å²) in [5.41, 5.74) is 2.86. The molecule has 2 rings (SSSR count). The molecule has 0 unspecified atom stereocenters. The van der Waals surface area contributed by atoms with Crippen LogP contribution in [0.1, 0.15) is 35.3 Å². The van der Waals surface area contributed by atoms with Gasteiger partial charge in [0.15, 0.2) is 5.96 Å². The Kier molecular flexibility index (Phi) is 11.1. The number of nitrogens with zero attached hydrogens (tertiary/aromatic N) is 2. The third-order valence-corrected chi connectivity index (χ3v) is 5.32. The summed E-state index contributed by atoms with van der Waals surface area (Å²) in [7, 11) is 3.40. The van der Waals surface area contributed by atoms with Crippen LogP contribution in [0.2, 0.25) is 0 Å². The van der Waals surface area contributed by atoms with E-state index in [0.29, 0.717) is 25.3 Å². The molecule has 0 aliphatic rings. The van der Waals surface area contributed by atoms with Crippen molar-refractivity contribution in [3.05, 3.63) is 65.2 Å². The highest BCUT2D eigenvalue weighted by Crippen LogP contribution is 2.17. The molecule has 7 heteroatoms. The Morgan fingerprint density at radius 3 is 2.56 bits per heavy atom. The van der Waals surface area contributed by atoms with E-state index in [1.54, 1.807) is 14.1 Å². The Bertz CT molecular complexity index is 865. The lowest BCUT2D eigenvalue weighted by molar-refractivity contribution is 0.0963. The predicted octanol–water partition coefficient (Wildman–Crippen LogP) is 2.67. The predicted molar refractivity (Wildman–Crippen MR) is 131 cm³/mol. The van der Waals surface area contributed by atoms with Crippen molar-refractivity contribution < 1.29 is 9.53 Å². The van der Waals surface area contributed by atoms with Crippen LogP contribution in [0, 0.1) is 0 Å². The van der Waals surface area contributed by atoms with Gasteiger partial charge < -0.3 is 25.6 Å². The van der Waals surface area contributed by atoms with Crippen LogP contribution in [0.15, 0.2) is 53.5 Å². The van der Waals surface area contributed by atoms with Gasteiger partial charge in [0.05, 0.1) is 0 Å². The van der Waals surface area contributed by atoms with Crippen molar-refractivity contribution in [3.8, 4) is 5.75 Å². The molecule has 2 aromatic rings. The number of ether oxygens (including phenoxy) is 1. The monoisotopic (exact) mass is 439 g/mol. The molecule has 0 atom stereocenters. The van der Waals surface area contributed by atoms with E-state index in [0.717, 1.165) is 48.9 Å². The first-order valence-electron chi connectivity index (χ1n) is 11.3. The number of nitrogens with one attached hydrogen (secondary N) is 3. The number of para-hydroxylation sites is 1. The summed E-state index contributed by atoms with van der Waals surface area (Å²) in [5, 5.41) is 9.35. The van der Waals surface area contributed by atoms with Crippen LogP contribution in [0.4, 0.5) is 0 Å². The largest absolute Gasteiger partial charge is 0.492 e. The van der Waals surface area contributed by atoms with Crippen molar-refractivity contribution in [1.29, 1.82) is 0 Å². The van der Waals surface area contributed by atoms with Gasteiger partial charge in [-0.2, -0.15) is 0 Å². The highest BCUT2D eigenvalue weighted by Gasteiger charge is 2.07. The number of benzene rings is 2. The van der Waals surface area contributed by atoms with E-state index in [1.165, 1.54) is 0 Å². The first-order chi connectivity index (χ1) is 15.6. The second-order valence-electron chi connectivity index (χ2n) is 7.37. The van der Waals surface area contributed by atoms with Gasteiger partial charge in [-0.3, -0.25) is 9.79 Å². The number of rotatable bonds is 12. The van der Waals surface area contributed by atoms with Crippen LogP contribution in [-0.4, -0.2) is 63.6 Å². The Morgan fingerprint density at radius 1 is 1.06 bits per heavy atom. The first kappa shape index (κ1) is 25.2. The molecular formula is C25H37N5O2. The molecule has 2 aromatic carbocycles. The van der Waals surface area contributed by atoms with Gasteiger partial charge in [0, 0.05) is 44.9 Å². The van der Waals surface area contributed by atoms with Crippen molar-refractivity contribution in [3.63, 3.8) is 0 Å². The van der Waals surface area contributed by atoms with E-state index in [1.807, 2.05) is 42.5 Å². The molecule has 0 heterocycles. The molecule has 0 bridgehead atoms. The summed E-state index contributed by atoms with van der Waals surface area (Å²) < 4.78 is 6.04. The number of hydrogen-bond donors (Lipinski definition) is 3. The lowest BCUT2D eigenvalue weighted by Crippen LogP contribution is -2.38. The van der Waals surface area contributed by atoms with E-state index in [-0.39, 0.29) is 5.91 Å². The zero-order valence-corrected chi connectivity index (χ0v) is 19.8. The molecule has 0 aliphatic carbocycles. The van der Waals surface area contributed by atoms with E-state index >= 15 is 0 Å². The molecule has 0 aliphatic heterocycles. The van der Waals surface area contributed by atoms with E-state index < -0.39 is 0 Å². The Balaban J connectivity index is 1.83. The second-order valence-corrected chi connectivity index (χ2v) is 7.37. The van der Waals surface area contributed by atoms with Crippen molar-refractivity contribution in [2.75, 3.05) is 46.9 Å². The molecule has 0 spiro atoms. The zero-order valence-electron chi connectivity index (χ0n) is 19.8. The van der Waals surface area contributed by atoms with E-state index in [2.05, 4.69) is 45.8 Å². The van der Waals surface area contributed by atoms with Gasteiger partial charge in [-0.25, -0.2) is 0 Å². The highest BCUT2D eigenvalue weighted by atomic mass is 16.5. The lowest BCUT2D eigenvalue weighted by Gasteiger charge is -2.19. The third kappa shape index (κ3) is 8.23. The number of aliphatic imine (C=N–C) groups is 1. The molecule has 7 nitrogen and oxygen atoms in total. The van der Waals surface area contributed by atoms with Crippen LogP contribution >= 0.6 is 0 Å². The number of hydrogen-bond acceptors (Lipinski definition) is 4. The maximum absolute atomic E-state index is 11.8. The molecule has 0 saturated carbocycles. The number of likely N-dealkylation sites (N-methyl/N-ethyl adjacent to an activating group) is 1. The first-order valence-corrected chi connectivity index (χ1v) is 11.3. The number of amides is 1. The van der Waals surface area contributed by atoms with Crippen molar-refractivity contribution in [2.24, 2.45) is 4.99 Å². The van der Waals surface area contributed by atoms with Gasteiger partial charge in [-0.1, -0.05) is 44.2 Å². The number of carbonyl (C=O) groups is 1. The van der Waals surface area contributed by atoms with Gasteiger partial charge in [-0.15, -0.1) is 0 Å². The minimum atomic E-state index is -0.0738. The summed E-state index contributed by atoms with van der Waals surface area (Å²) in [6.45, 7) is 9.30. The Hall–Kier alpha value is -3.06. The summed E-state index contributed by atoms with van der Waals surface area (Å²) in [4.78, 5) is 18.5. The van der Waals surface area contributed by atoms with Gasteiger partial charge in [0.2, 0.25) is 0 Å². The average Bonchev–Trinajstić information content (AvgIpc) is 2.84. The summed E-state index contributed by atoms with van der Waals surface area (Å²) >= 11 is 0. The maximum atomic E-state index is 11.8. The third-order valence-electron chi connectivity index (χ3n) is 5.32. The molecule has 0 aromatic heterocycles. The number of guanidine groups is 1. The van der Waals surface area contributed by atoms with Crippen LogP contribution in [0.25, 0.3) is 0 Å². The van der Waals surface area contributed by atoms with Gasteiger partial charge >= 0.3 is 0 Å². The Labute approximate surface area is 192 Å². The smallest absolute Gasteiger partial charge is 0.251 e. The van der Waals surface area contributed by atoms with E-state index in [4.69, 9.17) is 4.74 Å². The average molecular weight is 440 g/mol. The normalized spacial score (nSPS) is 11.3. The van der Waals surface area contributed by atoms with Gasteiger partial charge in [0.25, 0.3) is 5.91 Å². The molecule has 1 amide bonds. The quantitative estimate of drug-likeness (QED) is 0.350. The van der Waals surface area contributed by atoms with Crippen LogP contribution in [-0.2, 0) is 13.0 Å². The molecule has 174 valence electrons. The van der Waals surface area contributed by atoms with Crippen LogP contribution in [0.3, 0.4) is 0 Å². The standard InChI is InChI=1S/C25H37N5O2/c1-5-30(6-2)16-17-32-23-13-8-7-11-22(23)19-29-25(27-4)28-15-14-20-10-9-12-21(18-20)24(31)26-3/h7-13,18H,5-6,14-17,19H2,1-4H3,(H,26,31)(H2,27,28,29). The fourth-order valence-electron chi connectivity index (χ4n) is 3.35. The van der Waals surface area contributed by atoms with Crippen molar-refractivity contribution in [1.82, 2.24) is 20.9 Å². The maximum Gasteiger partial charge on any atom is 0.251 e. The summed E-state index contributed by atoms with van der Waals surface area (Å²) in [5.74, 6) is 1.55. The van der Waals surface area contributed by atoms with Gasteiger partial charge in [0.1, 0.15) is 12.4 Å². The molecular weight excluding hydrogens is 402 g/mol. The minimum absolute atomic E-state index is 0.0738. The molecule has 3 N–H and O–H groups in total. The summed E-state index contributed by atoms with van der Waals surface area (Å²) in [6.07, 6.45) is 0.788. The topological polar surface area (TPSA) is 78.0 Å². The minimum Gasteiger partial charge on any atom is -0.492 e. The highest BCUT2D eigenvalue weighted by molar-refractivity contribution is 5.94. The van der Waals surface area contributed by atoms with Crippen molar-refractivity contribution in [2.45, 2.75) is 26.8 Å². The summed E-state index contributed by atoms with van der Waals surface area (Å²) in [6, 6.07) is 15.8. The van der Waals surface area contributed by atoms with E-state index in [9.17, 15) is 4.79 Å². The molecule has 32 heavy (non-hydrogen) atoms. The molecule has 0 fully saturated rings. The lowest BCUT2D eigenvalue weighted by atomic mass is 10.1. The van der Waals surface area contributed by atoms with Crippen LogP contribution < -0.4 is 20.7 Å². The van der Waals surface area contributed by atoms with Gasteiger partial charge in [-0.05, 0) is 43.3 Å². The van der Waals surface area contributed by atoms with Crippen molar-refractivity contribution >= 4 is 11.9 Å². The Morgan fingerprint density at radius 2 is 1.84 bits per heavy atom. The molecule has 0 radical (unpaired) electrons.